The van der Waals surface area contributed by atoms with E-state index in [9.17, 15) is 0 Å². The maximum absolute atomic E-state index is 8.94. The summed E-state index contributed by atoms with van der Waals surface area (Å²) in [6.45, 7) is 8.34. The van der Waals surface area contributed by atoms with E-state index < -0.39 is 0 Å². The van der Waals surface area contributed by atoms with Crippen LogP contribution in [0.15, 0.2) is 0 Å². The highest BCUT2D eigenvalue weighted by molar-refractivity contribution is 4.82. The summed E-state index contributed by atoms with van der Waals surface area (Å²) in [6, 6.07) is 0. The van der Waals surface area contributed by atoms with Crippen LogP contribution < -0.4 is 5.32 Å². The van der Waals surface area contributed by atoms with Gasteiger partial charge in [-0.15, -0.1) is 0 Å². The van der Waals surface area contributed by atoms with Crippen LogP contribution in [0.1, 0.15) is 33.6 Å². The molecule has 86 valence electrons. The molecule has 0 saturated carbocycles. The van der Waals surface area contributed by atoms with Crippen LogP contribution in [-0.2, 0) is 4.74 Å². The summed E-state index contributed by atoms with van der Waals surface area (Å²) in [5.41, 5.74) is -0.0849. The topological polar surface area (TPSA) is 41.5 Å². The molecule has 0 aliphatic heterocycles. The molecule has 2 N–H and O–H groups in total. The summed E-state index contributed by atoms with van der Waals surface area (Å²) in [5, 5.41) is 12.4. The zero-order valence-corrected chi connectivity index (χ0v) is 9.97. The highest BCUT2D eigenvalue weighted by atomic mass is 16.5. The van der Waals surface area contributed by atoms with Crippen LogP contribution >= 0.6 is 0 Å². The molecule has 0 fully saturated rings. The van der Waals surface area contributed by atoms with Gasteiger partial charge in [-0.1, -0.05) is 13.8 Å². The molecule has 3 nitrogen and oxygen atoms in total. The van der Waals surface area contributed by atoms with Crippen LogP contribution in [0.25, 0.3) is 0 Å². The van der Waals surface area contributed by atoms with E-state index in [0.717, 1.165) is 19.4 Å². The van der Waals surface area contributed by atoms with Crippen molar-refractivity contribution in [2.24, 2.45) is 5.92 Å². The predicted molar refractivity (Wildman–Crippen MR) is 59.4 cm³/mol. The van der Waals surface area contributed by atoms with Gasteiger partial charge < -0.3 is 15.2 Å². The fourth-order valence-electron chi connectivity index (χ4n) is 1.44. The number of hydrogen-bond donors (Lipinski definition) is 2. The molecule has 3 heteroatoms. The van der Waals surface area contributed by atoms with E-state index in [2.05, 4.69) is 26.1 Å². The lowest BCUT2D eigenvalue weighted by molar-refractivity contribution is 0.0974. The van der Waals surface area contributed by atoms with Crippen molar-refractivity contribution in [3.63, 3.8) is 0 Å². The maximum Gasteiger partial charge on any atom is 0.0642 e. The molecule has 0 aromatic rings. The number of aliphatic hydroxyl groups excluding tert-OH is 1. The number of methoxy groups -OCH3 is 1. The van der Waals surface area contributed by atoms with Crippen molar-refractivity contribution < 1.29 is 9.84 Å². The van der Waals surface area contributed by atoms with E-state index in [1.54, 1.807) is 7.11 Å². The van der Waals surface area contributed by atoms with Gasteiger partial charge in [0.15, 0.2) is 0 Å². The number of aliphatic hydroxyl groups is 1. The van der Waals surface area contributed by atoms with E-state index in [1.165, 1.54) is 0 Å². The predicted octanol–water partition coefficient (Wildman–Crippen LogP) is 1.41. The molecule has 0 bridgehead atoms. The quantitative estimate of drug-likeness (QED) is 0.627. The second-order valence-electron chi connectivity index (χ2n) is 4.58. The molecular formula is C11H25NO2. The minimum absolute atomic E-state index is 0.0849. The van der Waals surface area contributed by atoms with Crippen molar-refractivity contribution in [1.82, 2.24) is 5.32 Å². The standard InChI is InChI=1S/C11H25NO2/c1-10(2)5-7-12-11(3,6-8-13)9-14-4/h10,12-13H,5-9H2,1-4H3. The third kappa shape index (κ3) is 6.35. The van der Waals surface area contributed by atoms with Gasteiger partial charge in [0.2, 0.25) is 0 Å². The van der Waals surface area contributed by atoms with Crippen molar-refractivity contribution in [3.05, 3.63) is 0 Å². The van der Waals surface area contributed by atoms with Gasteiger partial charge in [-0.2, -0.15) is 0 Å². The summed E-state index contributed by atoms with van der Waals surface area (Å²) in [7, 11) is 1.69. The summed E-state index contributed by atoms with van der Waals surface area (Å²) < 4.78 is 5.14. The highest BCUT2D eigenvalue weighted by Gasteiger charge is 2.22. The summed E-state index contributed by atoms with van der Waals surface area (Å²) in [6.07, 6.45) is 1.89. The second-order valence-corrected chi connectivity index (χ2v) is 4.58. The first kappa shape index (κ1) is 13.9. The third-order valence-electron chi connectivity index (χ3n) is 2.40. The van der Waals surface area contributed by atoms with Crippen molar-refractivity contribution >= 4 is 0 Å². The smallest absolute Gasteiger partial charge is 0.0642 e. The molecule has 0 saturated heterocycles. The molecule has 1 unspecified atom stereocenters. The van der Waals surface area contributed by atoms with E-state index in [1.807, 2.05) is 0 Å². The fraction of sp³-hybridized carbons (Fsp3) is 1.00. The Hall–Kier alpha value is -0.120. The number of nitrogens with one attached hydrogen (secondary N) is 1. The molecule has 0 aromatic carbocycles. The Balaban J connectivity index is 3.83. The Kier molecular flexibility index (Phi) is 7.15. The molecule has 0 aromatic heterocycles. The van der Waals surface area contributed by atoms with Gasteiger partial charge in [0, 0.05) is 19.3 Å². The fourth-order valence-corrected chi connectivity index (χ4v) is 1.44. The molecule has 1 atom stereocenters. The molecular weight excluding hydrogens is 178 g/mol. The van der Waals surface area contributed by atoms with Gasteiger partial charge in [-0.25, -0.2) is 0 Å². The van der Waals surface area contributed by atoms with Gasteiger partial charge in [-0.05, 0) is 32.2 Å². The zero-order valence-electron chi connectivity index (χ0n) is 9.97. The molecule has 14 heavy (non-hydrogen) atoms. The monoisotopic (exact) mass is 203 g/mol. The molecule has 0 rings (SSSR count). The Labute approximate surface area is 87.8 Å². The number of ether oxygens (including phenoxy) is 1. The van der Waals surface area contributed by atoms with Crippen LogP contribution in [0, 0.1) is 5.92 Å². The van der Waals surface area contributed by atoms with Gasteiger partial charge in [0.05, 0.1) is 6.61 Å². The van der Waals surface area contributed by atoms with E-state index in [4.69, 9.17) is 9.84 Å². The SMILES string of the molecule is COCC(C)(CCO)NCCC(C)C. The van der Waals surface area contributed by atoms with Crippen LogP contribution in [-0.4, -0.2) is 37.5 Å². The molecule has 0 amide bonds. The summed E-state index contributed by atoms with van der Waals surface area (Å²) in [4.78, 5) is 0. The van der Waals surface area contributed by atoms with Crippen LogP contribution in [0.5, 0.6) is 0 Å². The van der Waals surface area contributed by atoms with E-state index in [0.29, 0.717) is 12.5 Å². The Morgan fingerprint density at radius 2 is 2.07 bits per heavy atom. The number of rotatable bonds is 8. The van der Waals surface area contributed by atoms with Crippen LogP contribution in [0.2, 0.25) is 0 Å². The molecule has 0 heterocycles. The van der Waals surface area contributed by atoms with Crippen molar-refractivity contribution in [2.45, 2.75) is 39.2 Å². The lowest BCUT2D eigenvalue weighted by Gasteiger charge is -2.30. The van der Waals surface area contributed by atoms with Gasteiger partial charge in [0.25, 0.3) is 0 Å². The van der Waals surface area contributed by atoms with Crippen molar-refractivity contribution in [3.8, 4) is 0 Å². The van der Waals surface area contributed by atoms with Crippen molar-refractivity contribution in [1.29, 1.82) is 0 Å². The highest BCUT2D eigenvalue weighted by Crippen LogP contribution is 2.10. The summed E-state index contributed by atoms with van der Waals surface area (Å²) >= 11 is 0. The molecule has 0 spiro atoms. The normalized spacial score (nSPS) is 15.9. The zero-order chi connectivity index (χ0) is 11.0. The van der Waals surface area contributed by atoms with Crippen LogP contribution in [0.4, 0.5) is 0 Å². The number of hydrogen-bond acceptors (Lipinski definition) is 3. The molecule has 0 aliphatic rings. The molecule has 0 aliphatic carbocycles. The minimum Gasteiger partial charge on any atom is -0.396 e. The van der Waals surface area contributed by atoms with E-state index >= 15 is 0 Å². The molecule has 0 radical (unpaired) electrons. The lowest BCUT2D eigenvalue weighted by Crippen LogP contribution is -2.47. The Morgan fingerprint density at radius 3 is 2.50 bits per heavy atom. The third-order valence-corrected chi connectivity index (χ3v) is 2.40. The first-order valence-corrected chi connectivity index (χ1v) is 5.39. The van der Waals surface area contributed by atoms with Gasteiger partial charge >= 0.3 is 0 Å². The maximum atomic E-state index is 8.94. The summed E-state index contributed by atoms with van der Waals surface area (Å²) in [5.74, 6) is 0.712. The Bertz CT molecular complexity index is 131. The van der Waals surface area contributed by atoms with E-state index in [-0.39, 0.29) is 12.1 Å². The lowest BCUT2D eigenvalue weighted by atomic mass is 9.98. The average molecular weight is 203 g/mol. The minimum atomic E-state index is -0.0849. The van der Waals surface area contributed by atoms with Gasteiger partial charge in [0.1, 0.15) is 0 Å². The van der Waals surface area contributed by atoms with Crippen LogP contribution in [0.3, 0.4) is 0 Å². The largest absolute Gasteiger partial charge is 0.396 e. The first-order chi connectivity index (χ1) is 6.54. The second kappa shape index (κ2) is 7.21. The first-order valence-electron chi connectivity index (χ1n) is 5.39. The average Bonchev–Trinajstić information content (AvgIpc) is 2.03. The van der Waals surface area contributed by atoms with Crippen molar-refractivity contribution in [2.75, 3.05) is 26.9 Å². The van der Waals surface area contributed by atoms with Gasteiger partial charge in [-0.3, -0.25) is 0 Å². The Morgan fingerprint density at radius 1 is 1.43 bits per heavy atom.